The molecular weight excluding hydrogens is 825 g/mol. The van der Waals surface area contributed by atoms with Crippen molar-refractivity contribution in [3.63, 3.8) is 0 Å². The summed E-state index contributed by atoms with van der Waals surface area (Å²) in [7, 11) is -2.77. The number of hydrogen-bond acceptors (Lipinski definition) is 6. The molecule has 7 rings (SSSR count). The molecule has 1 saturated heterocycles. The Hall–Kier alpha value is -6.01. The lowest BCUT2D eigenvalue weighted by molar-refractivity contribution is 0.0805. The van der Waals surface area contributed by atoms with Gasteiger partial charge in [-0.05, 0) is 113 Å². The monoisotopic (exact) mass is 883 g/mol. The molecule has 0 spiro atoms. The lowest BCUT2D eigenvalue weighted by Crippen LogP contribution is -2.68. The molecular formula is C53H59F2N3O5Si. The number of nitrogens with one attached hydrogen (secondary N) is 2. The van der Waals surface area contributed by atoms with Gasteiger partial charge in [-0.15, -0.1) is 0 Å². The summed E-state index contributed by atoms with van der Waals surface area (Å²) in [6, 6.07) is 49.2. The van der Waals surface area contributed by atoms with E-state index in [4.69, 9.17) is 9.16 Å². The smallest absolute Gasteiger partial charge is 0.407 e. The summed E-state index contributed by atoms with van der Waals surface area (Å²) in [5, 5.41) is 30.2. The molecule has 11 heteroatoms. The Kier molecular flexibility index (Phi) is 15.2. The zero-order valence-corrected chi connectivity index (χ0v) is 37.8. The fourth-order valence-corrected chi connectivity index (χ4v) is 13.4. The molecule has 0 aromatic heterocycles. The van der Waals surface area contributed by atoms with Crippen LogP contribution in [0.5, 0.6) is 11.5 Å². The summed E-state index contributed by atoms with van der Waals surface area (Å²) in [5.41, 5.74) is 2.96. The van der Waals surface area contributed by atoms with Crippen LogP contribution in [0, 0.1) is 17.6 Å². The third-order valence-corrected chi connectivity index (χ3v) is 17.2. The molecule has 1 aliphatic heterocycles. The second kappa shape index (κ2) is 21.1. The van der Waals surface area contributed by atoms with E-state index >= 15 is 0 Å². The number of carboxylic acid groups (broad SMARTS) is 1. The Labute approximate surface area is 377 Å². The molecule has 1 heterocycles. The van der Waals surface area contributed by atoms with Crippen LogP contribution >= 0.6 is 0 Å². The number of ether oxygens (including phenoxy) is 1. The maximum Gasteiger partial charge on any atom is 0.407 e. The normalized spacial score (nSPS) is 17.1. The summed E-state index contributed by atoms with van der Waals surface area (Å²) >= 11 is 0. The minimum Gasteiger partial charge on any atom is -0.534 e. The first-order valence-electron chi connectivity index (χ1n) is 22.1. The maximum atomic E-state index is 14.8. The van der Waals surface area contributed by atoms with Gasteiger partial charge in [-0.2, -0.15) is 0 Å². The number of anilines is 1. The van der Waals surface area contributed by atoms with Gasteiger partial charge in [0.1, 0.15) is 35.8 Å². The molecule has 64 heavy (non-hydrogen) atoms. The summed E-state index contributed by atoms with van der Waals surface area (Å²) in [5.74, 6) is 0.506. The number of hydrogen-bond donors (Lipinski definition) is 4. The van der Waals surface area contributed by atoms with Crippen LogP contribution in [0.3, 0.4) is 0 Å². The number of aliphatic hydroxyl groups excluding tert-OH is 1. The van der Waals surface area contributed by atoms with Crippen LogP contribution in [0.25, 0.3) is 0 Å². The molecule has 4 atom stereocenters. The number of piperidine rings is 1. The van der Waals surface area contributed by atoms with E-state index < -0.39 is 26.6 Å². The van der Waals surface area contributed by atoms with E-state index in [1.165, 1.54) is 27.4 Å². The Morgan fingerprint density at radius 3 is 1.86 bits per heavy atom. The number of aliphatic hydroxyl groups is 1. The van der Waals surface area contributed by atoms with Crippen molar-refractivity contribution in [2.75, 3.05) is 31.6 Å². The second-order valence-electron chi connectivity index (χ2n) is 17.8. The van der Waals surface area contributed by atoms with Crippen LogP contribution in [0.2, 0.25) is 5.04 Å². The topological polar surface area (TPSA) is 103 Å². The van der Waals surface area contributed by atoms with Gasteiger partial charge in [0.15, 0.2) is 0 Å². The summed E-state index contributed by atoms with van der Waals surface area (Å²) in [4.78, 5) is 13.9. The molecule has 8 nitrogen and oxygen atoms in total. The van der Waals surface area contributed by atoms with Crippen molar-refractivity contribution in [2.45, 2.75) is 69.7 Å². The number of likely N-dealkylation sites (tertiary alicyclic amines) is 1. The van der Waals surface area contributed by atoms with Gasteiger partial charge in [-0.25, -0.2) is 13.6 Å². The van der Waals surface area contributed by atoms with Gasteiger partial charge in [0.2, 0.25) is 0 Å². The van der Waals surface area contributed by atoms with Crippen molar-refractivity contribution < 1.29 is 33.0 Å². The van der Waals surface area contributed by atoms with Crippen LogP contribution in [0.15, 0.2) is 158 Å². The van der Waals surface area contributed by atoms with Gasteiger partial charge in [-0.1, -0.05) is 130 Å². The zero-order valence-electron chi connectivity index (χ0n) is 36.8. The van der Waals surface area contributed by atoms with Gasteiger partial charge in [-0.3, -0.25) is 0 Å². The number of carbonyl (C=O) groups is 1. The average molecular weight is 884 g/mol. The first kappa shape index (κ1) is 46.0. The summed E-state index contributed by atoms with van der Waals surface area (Å²) in [6.07, 6.45) is -0.0274. The summed E-state index contributed by atoms with van der Waals surface area (Å²) < 4.78 is 42.6. The Balaban J connectivity index is 0.909. The quantitative estimate of drug-likeness (QED) is 0.0505. The molecule has 1 aliphatic rings. The minimum absolute atomic E-state index is 0.132. The minimum atomic E-state index is -2.77. The number of benzene rings is 6. The first-order chi connectivity index (χ1) is 30.9. The standard InChI is InChI=1S/C53H59F2N3O5Si/c1-53(2,3)64(47-16-6-4-7-17-47,48-18-8-5-9-19-48)63-46-28-26-45(27-29-46)62-37-44(59)35-56-31-30-38-22-24-42(25-23-38)57-51-34-43(33-40-15-11-13-21-50(40)55)58(52(60)61)36-41(51)32-39-14-10-12-20-49(39)54/h4-29,41,43-44,51,56-57,59H,30-37H2,1-3H3,(H,60,61)/t41?,43?,44-,51?/m0/s1. The van der Waals surface area contributed by atoms with E-state index in [9.17, 15) is 23.8 Å². The Morgan fingerprint density at radius 1 is 0.750 bits per heavy atom. The largest absolute Gasteiger partial charge is 0.534 e. The predicted molar refractivity (Wildman–Crippen MR) is 253 cm³/mol. The number of nitrogens with zero attached hydrogens (tertiary/aromatic N) is 1. The highest BCUT2D eigenvalue weighted by molar-refractivity contribution is 7.00. The van der Waals surface area contributed by atoms with E-state index in [2.05, 4.69) is 79.9 Å². The van der Waals surface area contributed by atoms with E-state index in [-0.39, 0.29) is 48.2 Å². The molecule has 4 N–H and O–H groups in total. The zero-order chi connectivity index (χ0) is 45.1. The highest BCUT2D eigenvalue weighted by Gasteiger charge is 2.52. The molecule has 0 aliphatic carbocycles. The lowest BCUT2D eigenvalue weighted by atomic mass is 9.81. The number of rotatable bonds is 18. The predicted octanol–water partition coefficient (Wildman–Crippen LogP) is 9.11. The molecule has 0 bridgehead atoms. The first-order valence-corrected chi connectivity index (χ1v) is 24.0. The maximum absolute atomic E-state index is 14.8. The van der Waals surface area contributed by atoms with Crippen molar-refractivity contribution in [3.05, 3.63) is 186 Å². The van der Waals surface area contributed by atoms with Gasteiger partial charge in [0.25, 0.3) is 0 Å². The number of halogens is 2. The molecule has 0 saturated carbocycles. The Morgan fingerprint density at radius 2 is 1.30 bits per heavy atom. The van der Waals surface area contributed by atoms with Crippen molar-refractivity contribution in [1.82, 2.24) is 10.2 Å². The second-order valence-corrected chi connectivity index (χ2v) is 22.0. The van der Waals surface area contributed by atoms with E-state index in [1.54, 1.807) is 36.4 Å². The van der Waals surface area contributed by atoms with E-state index in [1.807, 2.05) is 60.7 Å². The van der Waals surface area contributed by atoms with Crippen molar-refractivity contribution in [3.8, 4) is 11.5 Å². The van der Waals surface area contributed by atoms with Gasteiger partial charge in [0, 0.05) is 36.8 Å². The highest BCUT2D eigenvalue weighted by atomic mass is 28.4. The van der Waals surface area contributed by atoms with Gasteiger partial charge >= 0.3 is 14.4 Å². The van der Waals surface area contributed by atoms with Crippen LogP contribution in [-0.2, 0) is 19.3 Å². The van der Waals surface area contributed by atoms with Crippen molar-refractivity contribution >= 4 is 30.5 Å². The Bertz CT molecular complexity index is 2360. The fourth-order valence-electron chi connectivity index (χ4n) is 8.98. The average Bonchev–Trinajstić information content (AvgIpc) is 3.29. The van der Waals surface area contributed by atoms with Crippen LogP contribution in [0.4, 0.5) is 19.3 Å². The van der Waals surface area contributed by atoms with Crippen LogP contribution in [0.1, 0.15) is 43.9 Å². The molecule has 334 valence electrons. The van der Waals surface area contributed by atoms with Gasteiger partial charge < -0.3 is 34.9 Å². The molecule has 3 unspecified atom stereocenters. The molecule has 6 aromatic rings. The summed E-state index contributed by atoms with van der Waals surface area (Å²) in [6.45, 7) is 8.08. The molecule has 6 aromatic carbocycles. The third-order valence-electron chi connectivity index (χ3n) is 12.3. The molecule has 1 fully saturated rings. The van der Waals surface area contributed by atoms with Crippen molar-refractivity contribution in [2.24, 2.45) is 5.92 Å². The van der Waals surface area contributed by atoms with Crippen LogP contribution < -0.4 is 30.2 Å². The third kappa shape index (κ3) is 11.4. The van der Waals surface area contributed by atoms with Crippen LogP contribution in [-0.4, -0.2) is 74.0 Å². The van der Waals surface area contributed by atoms with Gasteiger partial charge in [0.05, 0.1) is 0 Å². The van der Waals surface area contributed by atoms with Crippen molar-refractivity contribution in [1.29, 1.82) is 0 Å². The fraction of sp³-hybridized carbons (Fsp3) is 0.302. The van der Waals surface area contributed by atoms with E-state index in [0.717, 1.165) is 23.4 Å². The lowest BCUT2D eigenvalue weighted by Gasteiger charge is -2.44. The SMILES string of the molecule is CC(C)(C)[Si](Oc1ccc(OC[C@@H](O)CNCCc2ccc(NC3CC(Cc4ccccc4F)N(C(=O)O)CC3Cc3ccccc3F)cc2)cc1)(c1ccccc1)c1ccccc1. The number of amides is 1. The molecule has 0 radical (unpaired) electrons. The highest BCUT2D eigenvalue weighted by Crippen LogP contribution is 2.38. The molecule has 1 amide bonds. The van der Waals surface area contributed by atoms with E-state index in [0.29, 0.717) is 42.8 Å².